The standard InChI is InChI=1S/C44H50NOPS/c1-7-13-23-37(21-12-6)45(36(19-10-4)20-11-5)38-30-28-35(29-31-38)41-26-15-16-27-43-44(41)42(46)33-40(48-43)32-34(18-9-3)22-17-25-39(47)24-14-8-2/h7-10,12,14-23,25-33,43H,1,11,13,24,47H2,2-6H3/b14-8?,18-9-,19-10-,21-12-,22-17+,34-32+,36-20+,37-23+,39-25+. The number of carbonyl (C=O) groups excluding carboxylic acids is 1. The molecule has 0 saturated carbocycles. The minimum Gasteiger partial charge on any atom is -0.311 e. The Morgan fingerprint density at radius 3 is 2.29 bits per heavy atom. The number of ketones is 1. The monoisotopic (exact) mass is 671 g/mol. The highest BCUT2D eigenvalue weighted by molar-refractivity contribution is 8.04. The van der Waals surface area contributed by atoms with Crippen molar-refractivity contribution in [3.8, 4) is 0 Å². The van der Waals surface area contributed by atoms with Crippen LogP contribution in [0.15, 0.2) is 185 Å². The van der Waals surface area contributed by atoms with Crippen molar-refractivity contribution in [1.29, 1.82) is 0 Å². The van der Waals surface area contributed by atoms with Gasteiger partial charge in [0.05, 0.1) is 5.25 Å². The third-order valence-electron chi connectivity index (χ3n) is 7.43. The van der Waals surface area contributed by atoms with Crippen molar-refractivity contribution < 1.29 is 4.79 Å². The van der Waals surface area contributed by atoms with Crippen molar-refractivity contribution >= 4 is 38.0 Å². The molecule has 0 amide bonds. The van der Waals surface area contributed by atoms with Crippen LogP contribution in [-0.2, 0) is 4.79 Å². The molecule has 1 aliphatic heterocycles. The molecule has 248 valence electrons. The number of fused-ring (bicyclic) bond motifs is 1. The molecule has 0 aromatic heterocycles. The lowest BCUT2D eigenvalue weighted by Gasteiger charge is -2.28. The molecule has 4 heteroatoms. The van der Waals surface area contributed by atoms with Crippen LogP contribution in [0.1, 0.15) is 59.4 Å². The van der Waals surface area contributed by atoms with Crippen LogP contribution in [0.3, 0.4) is 0 Å². The maximum atomic E-state index is 13.8. The number of anilines is 1. The Morgan fingerprint density at radius 2 is 1.65 bits per heavy atom. The second-order valence-electron chi connectivity index (χ2n) is 11.1. The molecule has 48 heavy (non-hydrogen) atoms. The fourth-order valence-corrected chi connectivity index (χ4v) is 6.77. The Morgan fingerprint density at radius 1 is 0.938 bits per heavy atom. The molecule has 0 fully saturated rings. The zero-order valence-electron chi connectivity index (χ0n) is 29.1. The summed E-state index contributed by atoms with van der Waals surface area (Å²) in [5.41, 5.74) is 7.08. The lowest BCUT2D eigenvalue weighted by molar-refractivity contribution is -0.111. The fourth-order valence-electron chi connectivity index (χ4n) is 5.32. The highest BCUT2D eigenvalue weighted by Crippen LogP contribution is 2.41. The molecule has 2 atom stereocenters. The Bertz CT molecular complexity index is 1690. The largest absolute Gasteiger partial charge is 0.311 e. The Kier molecular flexibility index (Phi) is 16.7. The molecular weight excluding hydrogens is 622 g/mol. The molecule has 0 N–H and O–H groups in total. The van der Waals surface area contributed by atoms with E-state index in [1.165, 1.54) is 5.31 Å². The number of carbonyl (C=O) groups is 1. The maximum absolute atomic E-state index is 13.8. The second-order valence-corrected chi connectivity index (χ2v) is 13.1. The van der Waals surface area contributed by atoms with Crippen molar-refractivity contribution in [2.24, 2.45) is 0 Å². The third-order valence-corrected chi connectivity index (χ3v) is 9.01. The lowest BCUT2D eigenvalue weighted by Crippen LogP contribution is -2.20. The van der Waals surface area contributed by atoms with E-state index in [0.29, 0.717) is 0 Å². The zero-order chi connectivity index (χ0) is 34.7. The van der Waals surface area contributed by atoms with Gasteiger partial charge in [0, 0.05) is 27.6 Å². The molecule has 0 spiro atoms. The Balaban J connectivity index is 2.04. The van der Waals surface area contributed by atoms with Gasteiger partial charge in [-0.2, -0.15) is 0 Å². The molecule has 1 heterocycles. The van der Waals surface area contributed by atoms with E-state index in [2.05, 4.69) is 149 Å². The first-order valence-electron chi connectivity index (χ1n) is 16.7. The molecular formula is C44H50NOPS. The van der Waals surface area contributed by atoms with Crippen molar-refractivity contribution in [2.75, 3.05) is 4.90 Å². The first-order chi connectivity index (χ1) is 23.4. The summed E-state index contributed by atoms with van der Waals surface area (Å²) in [4.78, 5) is 17.1. The number of hydrogen-bond acceptors (Lipinski definition) is 3. The van der Waals surface area contributed by atoms with Crippen LogP contribution in [0.4, 0.5) is 5.69 Å². The van der Waals surface area contributed by atoms with Crippen LogP contribution in [0.5, 0.6) is 0 Å². The zero-order valence-corrected chi connectivity index (χ0v) is 31.1. The van der Waals surface area contributed by atoms with Crippen LogP contribution < -0.4 is 4.90 Å². The first kappa shape index (κ1) is 38.3. The summed E-state index contributed by atoms with van der Waals surface area (Å²) >= 11 is 1.71. The minimum absolute atomic E-state index is 0.0492. The van der Waals surface area contributed by atoms with E-state index in [4.69, 9.17) is 0 Å². The molecule has 1 aromatic rings. The molecule has 0 bridgehead atoms. The predicted molar refractivity (Wildman–Crippen MR) is 219 cm³/mol. The summed E-state index contributed by atoms with van der Waals surface area (Å²) in [6, 6.07) is 8.56. The van der Waals surface area contributed by atoms with Gasteiger partial charge in [-0.25, -0.2) is 0 Å². The lowest BCUT2D eigenvalue weighted by atomic mass is 9.94. The number of benzene rings is 1. The van der Waals surface area contributed by atoms with E-state index < -0.39 is 0 Å². The van der Waals surface area contributed by atoms with E-state index in [-0.39, 0.29) is 11.0 Å². The van der Waals surface area contributed by atoms with Crippen molar-refractivity contribution in [1.82, 2.24) is 0 Å². The number of nitrogens with zero attached hydrogens (tertiary/aromatic N) is 1. The van der Waals surface area contributed by atoms with Crippen LogP contribution in [0.25, 0.3) is 5.57 Å². The summed E-state index contributed by atoms with van der Waals surface area (Å²) < 4.78 is 0. The Hall–Kier alpha value is -4.17. The summed E-state index contributed by atoms with van der Waals surface area (Å²) in [5, 5.41) is 1.13. The number of allylic oxidation sites excluding steroid dienone is 22. The van der Waals surface area contributed by atoms with E-state index in [9.17, 15) is 4.79 Å². The number of hydrogen-bond donors (Lipinski definition) is 0. The minimum atomic E-state index is -0.0814. The van der Waals surface area contributed by atoms with E-state index in [1.54, 1.807) is 17.8 Å². The SMILES string of the molecule is C=CC/C=C(\C=C/C)N(C(/C=C\C)=C/CC)c1ccc(C2=C3C(=O)C=C(/C=C(\C=C/C)/C=C/C=C(/P)CC=CC)SC3C=CC=C2)cc1. The van der Waals surface area contributed by atoms with Crippen LogP contribution in [0, 0.1) is 0 Å². The predicted octanol–water partition coefficient (Wildman–Crippen LogP) is 12.6. The van der Waals surface area contributed by atoms with Crippen molar-refractivity contribution in [3.05, 3.63) is 191 Å². The van der Waals surface area contributed by atoms with E-state index in [0.717, 1.165) is 63.5 Å². The fraction of sp³-hybridized carbons (Fsp3) is 0.205. The molecule has 2 nitrogen and oxygen atoms in total. The van der Waals surface area contributed by atoms with Gasteiger partial charge in [-0.15, -0.1) is 27.6 Å². The van der Waals surface area contributed by atoms with Crippen LogP contribution in [-0.4, -0.2) is 11.0 Å². The van der Waals surface area contributed by atoms with Gasteiger partial charge < -0.3 is 4.90 Å². The molecule has 3 rings (SSSR count). The summed E-state index contributed by atoms with van der Waals surface area (Å²) in [7, 11) is 2.80. The average Bonchev–Trinajstić information content (AvgIpc) is 3.30. The summed E-state index contributed by atoms with van der Waals surface area (Å²) in [6.45, 7) is 14.2. The van der Waals surface area contributed by atoms with Gasteiger partial charge >= 0.3 is 0 Å². The smallest absolute Gasteiger partial charge is 0.185 e. The molecule has 2 aliphatic rings. The van der Waals surface area contributed by atoms with E-state index >= 15 is 0 Å². The average molecular weight is 672 g/mol. The van der Waals surface area contributed by atoms with Crippen molar-refractivity contribution in [2.45, 2.75) is 59.1 Å². The van der Waals surface area contributed by atoms with Gasteiger partial charge in [0.2, 0.25) is 0 Å². The number of thioether (sulfide) groups is 1. The molecule has 2 unspecified atom stereocenters. The van der Waals surface area contributed by atoms with Crippen molar-refractivity contribution in [3.63, 3.8) is 0 Å². The van der Waals surface area contributed by atoms with Gasteiger partial charge in [0.15, 0.2) is 5.78 Å². The Labute approximate surface area is 296 Å². The van der Waals surface area contributed by atoms with Gasteiger partial charge in [-0.05, 0) is 105 Å². The molecule has 0 radical (unpaired) electrons. The van der Waals surface area contributed by atoms with E-state index in [1.807, 2.05) is 45.9 Å². The summed E-state index contributed by atoms with van der Waals surface area (Å²) in [5.74, 6) is 0.0492. The van der Waals surface area contributed by atoms with Gasteiger partial charge in [0.25, 0.3) is 0 Å². The molecule has 0 saturated heterocycles. The van der Waals surface area contributed by atoms with Gasteiger partial charge in [0.1, 0.15) is 0 Å². The highest BCUT2D eigenvalue weighted by atomic mass is 32.2. The molecule has 1 aromatic carbocycles. The normalized spacial score (nSPS) is 18.2. The third kappa shape index (κ3) is 11.2. The second kappa shape index (κ2) is 20.9. The van der Waals surface area contributed by atoms with Gasteiger partial charge in [-0.3, -0.25) is 4.79 Å². The number of rotatable bonds is 15. The maximum Gasteiger partial charge on any atom is 0.185 e. The summed E-state index contributed by atoms with van der Waals surface area (Å²) in [6.07, 6.45) is 44.1. The van der Waals surface area contributed by atoms with Gasteiger partial charge in [-0.1, -0.05) is 116 Å². The highest BCUT2D eigenvalue weighted by Gasteiger charge is 2.28. The quantitative estimate of drug-likeness (QED) is 0.105. The molecule has 1 aliphatic carbocycles. The van der Waals surface area contributed by atoms with Crippen LogP contribution in [0.2, 0.25) is 0 Å². The van der Waals surface area contributed by atoms with Crippen LogP contribution >= 0.6 is 21.0 Å². The topological polar surface area (TPSA) is 20.3 Å². The first-order valence-corrected chi connectivity index (χ1v) is 18.1.